The first-order valence-electron chi connectivity index (χ1n) is 11.7. The Hall–Kier alpha value is -2.79. The van der Waals surface area contributed by atoms with Crippen LogP contribution in [-0.2, 0) is 19.6 Å². The van der Waals surface area contributed by atoms with Gasteiger partial charge in [-0.1, -0.05) is 19.1 Å². The first kappa shape index (κ1) is 26.8. The SMILES string of the molecule is CC[C@H](NC(=O)OC(C)(C)C)C(=O)N1CCCN(S(=O)(=O)c2cccc3cncc(F)c23)[C@@H](C)C1. The largest absolute Gasteiger partial charge is 0.444 e. The number of sulfonamides is 1. The Morgan fingerprint density at radius 1 is 1.26 bits per heavy atom. The molecule has 2 aromatic rings. The van der Waals surface area contributed by atoms with Crippen molar-refractivity contribution in [2.24, 2.45) is 0 Å². The van der Waals surface area contributed by atoms with Crippen LogP contribution in [0, 0.1) is 5.82 Å². The van der Waals surface area contributed by atoms with Gasteiger partial charge in [-0.05, 0) is 46.6 Å². The van der Waals surface area contributed by atoms with E-state index < -0.39 is 39.6 Å². The van der Waals surface area contributed by atoms with Gasteiger partial charge in [0.1, 0.15) is 11.6 Å². The molecule has 3 rings (SSSR count). The van der Waals surface area contributed by atoms with Crippen LogP contribution in [0.15, 0.2) is 35.5 Å². The van der Waals surface area contributed by atoms with Crippen LogP contribution in [0.25, 0.3) is 10.8 Å². The molecule has 2 atom stereocenters. The summed E-state index contributed by atoms with van der Waals surface area (Å²) >= 11 is 0. The smallest absolute Gasteiger partial charge is 0.408 e. The van der Waals surface area contributed by atoms with Crippen LogP contribution in [0.1, 0.15) is 47.5 Å². The number of benzene rings is 1. The standard InChI is InChI=1S/C24H33FN4O5S/c1-6-19(27-23(31)34-24(3,4)5)22(30)28-11-8-12-29(16(2)15-28)35(32,33)20-10-7-9-17-13-26-14-18(25)21(17)20/h7,9-10,13-14,16,19H,6,8,11-12,15H2,1-5H3,(H,27,31)/t16-,19-/m0/s1. The number of halogens is 1. The zero-order valence-corrected chi connectivity index (χ0v) is 21.6. The van der Waals surface area contributed by atoms with Gasteiger partial charge in [0.25, 0.3) is 0 Å². The van der Waals surface area contributed by atoms with Gasteiger partial charge in [0.15, 0.2) is 5.82 Å². The summed E-state index contributed by atoms with van der Waals surface area (Å²) in [6.07, 6.45) is 2.49. The van der Waals surface area contributed by atoms with Crippen LogP contribution in [0.2, 0.25) is 0 Å². The number of hydrogen-bond acceptors (Lipinski definition) is 6. The third-order valence-corrected chi connectivity index (χ3v) is 7.83. The lowest BCUT2D eigenvalue weighted by atomic mass is 10.1. The predicted octanol–water partition coefficient (Wildman–Crippen LogP) is 3.29. The first-order chi connectivity index (χ1) is 16.3. The lowest BCUT2D eigenvalue weighted by Gasteiger charge is -2.30. The first-order valence-corrected chi connectivity index (χ1v) is 13.1. The summed E-state index contributed by atoms with van der Waals surface area (Å²) in [4.78, 5) is 30.7. The number of fused-ring (bicyclic) bond motifs is 1. The highest BCUT2D eigenvalue weighted by molar-refractivity contribution is 7.89. The van der Waals surface area contributed by atoms with Crippen molar-refractivity contribution in [1.29, 1.82) is 0 Å². The second-order valence-corrected chi connectivity index (χ2v) is 11.5. The molecule has 0 aliphatic carbocycles. The second-order valence-electron chi connectivity index (χ2n) is 9.69. The summed E-state index contributed by atoms with van der Waals surface area (Å²) in [5, 5.41) is 3.01. The van der Waals surface area contributed by atoms with Gasteiger partial charge in [-0.2, -0.15) is 4.31 Å². The quantitative estimate of drug-likeness (QED) is 0.664. The van der Waals surface area contributed by atoms with Crippen LogP contribution in [0.5, 0.6) is 0 Å². The zero-order valence-electron chi connectivity index (χ0n) is 20.7. The van der Waals surface area contributed by atoms with Crippen molar-refractivity contribution in [2.45, 2.75) is 70.0 Å². The number of carbonyl (C=O) groups excluding carboxylic acids is 2. The maximum absolute atomic E-state index is 14.6. The Kier molecular flexibility index (Phi) is 8.00. The highest BCUT2D eigenvalue weighted by Crippen LogP contribution is 2.29. The monoisotopic (exact) mass is 508 g/mol. The molecule has 0 radical (unpaired) electrons. The number of nitrogens with one attached hydrogen (secondary N) is 1. The van der Waals surface area contributed by atoms with Crippen molar-refractivity contribution in [1.82, 2.24) is 19.5 Å². The minimum atomic E-state index is -4.06. The number of aromatic nitrogens is 1. The highest BCUT2D eigenvalue weighted by Gasteiger charge is 2.36. The molecule has 1 saturated heterocycles. The molecule has 11 heteroatoms. The maximum Gasteiger partial charge on any atom is 0.408 e. The normalized spacial score (nSPS) is 18.7. The Balaban J connectivity index is 1.81. The number of pyridine rings is 1. The average Bonchev–Trinajstić information content (AvgIpc) is 2.97. The Bertz CT molecular complexity index is 1190. The lowest BCUT2D eigenvalue weighted by molar-refractivity contribution is -0.133. The fraction of sp³-hybridized carbons (Fsp3) is 0.542. The molecule has 1 aliphatic heterocycles. The molecule has 0 saturated carbocycles. The van der Waals surface area contributed by atoms with Crippen molar-refractivity contribution in [2.75, 3.05) is 19.6 Å². The van der Waals surface area contributed by atoms with Crippen molar-refractivity contribution < 1.29 is 27.1 Å². The lowest BCUT2D eigenvalue weighted by Crippen LogP contribution is -2.51. The number of hydrogen-bond donors (Lipinski definition) is 1. The van der Waals surface area contributed by atoms with Gasteiger partial charge in [0, 0.05) is 42.6 Å². The molecule has 1 aromatic heterocycles. The summed E-state index contributed by atoms with van der Waals surface area (Å²) in [5.41, 5.74) is -0.700. The molecule has 35 heavy (non-hydrogen) atoms. The summed E-state index contributed by atoms with van der Waals surface area (Å²) in [6, 6.07) is 3.20. The molecule has 2 amide bonds. The van der Waals surface area contributed by atoms with Gasteiger partial charge in [-0.3, -0.25) is 9.78 Å². The van der Waals surface area contributed by atoms with Crippen LogP contribution in [0.3, 0.4) is 0 Å². The van der Waals surface area contributed by atoms with Crippen LogP contribution in [-0.4, -0.2) is 71.9 Å². The van der Waals surface area contributed by atoms with E-state index in [9.17, 15) is 22.4 Å². The molecule has 9 nitrogen and oxygen atoms in total. The van der Waals surface area contributed by atoms with Crippen molar-refractivity contribution >= 4 is 32.8 Å². The molecule has 0 bridgehead atoms. The number of alkyl carbamates (subject to hydrolysis) is 1. The molecule has 2 heterocycles. The van der Waals surface area contributed by atoms with E-state index in [2.05, 4.69) is 10.3 Å². The fourth-order valence-corrected chi connectivity index (χ4v) is 6.09. The Labute approximate surface area is 205 Å². The molecule has 1 N–H and O–H groups in total. The maximum atomic E-state index is 14.6. The molecule has 1 fully saturated rings. The van der Waals surface area contributed by atoms with E-state index in [4.69, 9.17) is 4.74 Å². The Morgan fingerprint density at radius 2 is 1.97 bits per heavy atom. The van der Waals surface area contributed by atoms with Crippen molar-refractivity contribution in [3.63, 3.8) is 0 Å². The molecular formula is C24H33FN4O5S. The van der Waals surface area contributed by atoms with Gasteiger partial charge in [0.2, 0.25) is 15.9 Å². The van der Waals surface area contributed by atoms with Gasteiger partial charge >= 0.3 is 6.09 Å². The minimum absolute atomic E-state index is 0.000475. The molecule has 1 aromatic carbocycles. The third kappa shape index (κ3) is 6.07. The molecule has 0 spiro atoms. The van der Waals surface area contributed by atoms with Crippen molar-refractivity contribution in [3.8, 4) is 0 Å². The Morgan fingerprint density at radius 3 is 2.63 bits per heavy atom. The van der Waals surface area contributed by atoms with E-state index in [-0.39, 0.29) is 29.3 Å². The van der Waals surface area contributed by atoms with E-state index in [1.54, 1.807) is 51.7 Å². The second kappa shape index (κ2) is 10.4. The minimum Gasteiger partial charge on any atom is -0.444 e. The summed E-state index contributed by atoms with van der Waals surface area (Å²) in [7, 11) is -4.06. The number of rotatable bonds is 5. The van der Waals surface area contributed by atoms with E-state index in [0.717, 1.165) is 6.20 Å². The van der Waals surface area contributed by atoms with E-state index in [0.29, 0.717) is 24.8 Å². The van der Waals surface area contributed by atoms with Gasteiger partial charge < -0.3 is 15.0 Å². The summed E-state index contributed by atoms with van der Waals surface area (Å²) < 4.78 is 48.4. The average molecular weight is 509 g/mol. The molecular weight excluding hydrogens is 475 g/mol. The van der Waals surface area contributed by atoms with Crippen molar-refractivity contribution in [3.05, 3.63) is 36.4 Å². The van der Waals surface area contributed by atoms with E-state index >= 15 is 0 Å². The number of carbonyl (C=O) groups is 2. The molecule has 0 unspecified atom stereocenters. The van der Waals surface area contributed by atoms with Gasteiger partial charge in [-0.15, -0.1) is 0 Å². The topological polar surface area (TPSA) is 109 Å². The van der Waals surface area contributed by atoms with E-state index in [1.165, 1.54) is 16.6 Å². The predicted molar refractivity (Wildman–Crippen MR) is 130 cm³/mol. The zero-order chi connectivity index (χ0) is 26.0. The van der Waals surface area contributed by atoms with Crippen LogP contribution < -0.4 is 5.32 Å². The highest BCUT2D eigenvalue weighted by atomic mass is 32.2. The van der Waals surface area contributed by atoms with Crippen LogP contribution >= 0.6 is 0 Å². The van der Waals surface area contributed by atoms with Gasteiger partial charge in [0.05, 0.1) is 11.1 Å². The fourth-order valence-electron chi connectivity index (χ4n) is 4.21. The molecule has 192 valence electrons. The summed E-state index contributed by atoms with van der Waals surface area (Å²) in [6.45, 7) is 9.34. The van der Waals surface area contributed by atoms with Gasteiger partial charge in [-0.25, -0.2) is 17.6 Å². The van der Waals surface area contributed by atoms with Crippen LogP contribution in [0.4, 0.5) is 9.18 Å². The summed E-state index contributed by atoms with van der Waals surface area (Å²) in [5.74, 6) is -1.01. The third-order valence-electron chi connectivity index (χ3n) is 5.78. The number of amides is 2. The molecule has 1 aliphatic rings. The number of ether oxygens (including phenoxy) is 1. The number of nitrogens with zero attached hydrogens (tertiary/aromatic N) is 3. The van der Waals surface area contributed by atoms with E-state index in [1.807, 2.05) is 0 Å².